The van der Waals surface area contributed by atoms with Crippen molar-refractivity contribution >= 4 is 0 Å². The van der Waals surface area contributed by atoms with E-state index in [2.05, 4.69) is 4.74 Å². The maximum Gasteiger partial charge on any atom is 0.573 e. The van der Waals surface area contributed by atoms with E-state index >= 15 is 0 Å². The smallest absolute Gasteiger partial charge is 0.406 e. The van der Waals surface area contributed by atoms with E-state index < -0.39 is 18.8 Å². The fourth-order valence-electron chi connectivity index (χ4n) is 1.95. The topological polar surface area (TPSA) is 47.9 Å². The number of hydrogen-bond acceptors (Lipinski definition) is 4. The molecule has 1 N–H and O–H groups in total. The van der Waals surface area contributed by atoms with Crippen LogP contribution in [0.1, 0.15) is 12.0 Å². The molecule has 0 aromatic heterocycles. The van der Waals surface area contributed by atoms with Gasteiger partial charge in [-0.05, 0) is 24.1 Å². The highest BCUT2D eigenvalue weighted by atomic mass is 19.4. The number of alkyl halides is 3. The van der Waals surface area contributed by atoms with E-state index in [4.69, 9.17) is 9.47 Å². The summed E-state index contributed by atoms with van der Waals surface area (Å²) in [5.74, 6) is -0.279. The molecule has 1 unspecified atom stereocenters. The Morgan fingerprint density at radius 3 is 2.35 bits per heavy atom. The van der Waals surface area contributed by atoms with E-state index in [0.717, 1.165) is 0 Å². The molecule has 0 spiro atoms. The third kappa shape index (κ3) is 4.99. The summed E-state index contributed by atoms with van der Waals surface area (Å²) in [4.78, 5) is 0. The number of rotatable bonds is 5. The summed E-state index contributed by atoms with van der Waals surface area (Å²) in [5, 5.41) is 9.85. The molecule has 1 fully saturated rings. The molecule has 1 aromatic carbocycles. The van der Waals surface area contributed by atoms with Crippen LogP contribution in [0.4, 0.5) is 13.2 Å². The molecule has 1 aliphatic heterocycles. The number of hydrogen-bond donors (Lipinski definition) is 1. The molecule has 112 valence electrons. The minimum atomic E-state index is -4.70. The molecule has 7 heteroatoms. The van der Waals surface area contributed by atoms with Crippen LogP contribution < -0.4 is 4.74 Å². The largest absolute Gasteiger partial charge is 0.573 e. The van der Waals surface area contributed by atoms with Crippen molar-refractivity contribution in [2.75, 3.05) is 13.2 Å². The van der Waals surface area contributed by atoms with E-state index in [1.54, 1.807) is 0 Å². The zero-order chi connectivity index (χ0) is 14.6. The molecule has 1 aliphatic rings. The first kappa shape index (κ1) is 15.1. The van der Waals surface area contributed by atoms with Crippen molar-refractivity contribution in [1.29, 1.82) is 0 Å². The van der Waals surface area contributed by atoms with E-state index in [9.17, 15) is 18.3 Å². The standard InChI is InChI=1S/C13H15F3O4/c14-13(15,16)20-11-3-1-9(2-4-11)7-10(17)8-12-18-5-6-19-12/h1-4,10,12,17H,5-8H2. The van der Waals surface area contributed by atoms with Gasteiger partial charge in [0.1, 0.15) is 5.75 Å². The van der Waals surface area contributed by atoms with Crippen molar-refractivity contribution < 1.29 is 32.5 Å². The van der Waals surface area contributed by atoms with Crippen LogP contribution in [0.3, 0.4) is 0 Å². The van der Waals surface area contributed by atoms with E-state index in [0.29, 0.717) is 31.6 Å². The average molecular weight is 292 g/mol. The summed E-state index contributed by atoms with van der Waals surface area (Å²) < 4.78 is 50.2. The quantitative estimate of drug-likeness (QED) is 0.904. The van der Waals surface area contributed by atoms with Gasteiger partial charge in [-0.3, -0.25) is 0 Å². The van der Waals surface area contributed by atoms with Gasteiger partial charge < -0.3 is 19.3 Å². The molecule has 0 amide bonds. The third-order valence-electron chi connectivity index (χ3n) is 2.78. The Kier molecular flexibility index (Phi) is 4.85. The van der Waals surface area contributed by atoms with Gasteiger partial charge in [-0.1, -0.05) is 12.1 Å². The number of ether oxygens (including phenoxy) is 3. The second-order valence-corrected chi connectivity index (χ2v) is 4.46. The summed E-state index contributed by atoms with van der Waals surface area (Å²) >= 11 is 0. The van der Waals surface area contributed by atoms with Gasteiger partial charge in [0, 0.05) is 6.42 Å². The van der Waals surface area contributed by atoms with Crippen molar-refractivity contribution in [1.82, 2.24) is 0 Å². The lowest BCUT2D eigenvalue weighted by atomic mass is 10.1. The van der Waals surface area contributed by atoms with Gasteiger partial charge in [0.25, 0.3) is 0 Å². The maximum atomic E-state index is 12.0. The molecule has 0 aliphatic carbocycles. The Morgan fingerprint density at radius 2 is 1.80 bits per heavy atom. The molecule has 1 saturated heterocycles. The molecule has 0 bridgehead atoms. The van der Waals surface area contributed by atoms with E-state index in [1.165, 1.54) is 24.3 Å². The highest BCUT2D eigenvalue weighted by Gasteiger charge is 2.31. The minimum Gasteiger partial charge on any atom is -0.406 e. The fourth-order valence-corrected chi connectivity index (χ4v) is 1.95. The molecule has 20 heavy (non-hydrogen) atoms. The Hall–Kier alpha value is -1.31. The van der Waals surface area contributed by atoms with Crippen LogP contribution in [0.2, 0.25) is 0 Å². The summed E-state index contributed by atoms with van der Waals surface area (Å²) in [5.41, 5.74) is 0.713. The second-order valence-electron chi connectivity index (χ2n) is 4.46. The van der Waals surface area contributed by atoms with E-state index in [1.807, 2.05) is 0 Å². The van der Waals surface area contributed by atoms with Crippen LogP contribution >= 0.6 is 0 Å². The number of aliphatic hydroxyl groups is 1. The van der Waals surface area contributed by atoms with Gasteiger partial charge in [0.2, 0.25) is 0 Å². The lowest BCUT2D eigenvalue weighted by Crippen LogP contribution is -2.20. The lowest BCUT2D eigenvalue weighted by molar-refractivity contribution is -0.274. The lowest BCUT2D eigenvalue weighted by Gasteiger charge is -2.15. The molecule has 0 saturated carbocycles. The van der Waals surface area contributed by atoms with Gasteiger partial charge in [-0.2, -0.15) is 0 Å². The maximum absolute atomic E-state index is 12.0. The molecular weight excluding hydrogens is 277 g/mol. The van der Waals surface area contributed by atoms with Crippen molar-refractivity contribution in [3.63, 3.8) is 0 Å². The van der Waals surface area contributed by atoms with Crippen LogP contribution in [0.15, 0.2) is 24.3 Å². The number of benzene rings is 1. The predicted molar refractivity (Wildman–Crippen MR) is 63.1 cm³/mol. The Balaban J connectivity index is 1.83. The van der Waals surface area contributed by atoms with Gasteiger partial charge in [0.05, 0.1) is 19.3 Å². The van der Waals surface area contributed by atoms with Crippen molar-refractivity contribution in [2.24, 2.45) is 0 Å². The van der Waals surface area contributed by atoms with Crippen molar-refractivity contribution in [3.8, 4) is 5.75 Å². The van der Waals surface area contributed by atoms with Gasteiger partial charge in [-0.15, -0.1) is 13.2 Å². The Labute approximate surface area is 114 Å². The normalized spacial score (nSPS) is 18.2. The molecule has 4 nitrogen and oxygen atoms in total. The van der Waals surface area contributed by atoms with Crippen LogP contribution in [-0.2, 0) is 15.9 Å². The van der Waals surface area contributed by atoms with Gasteiger partial charge in [-0.25, -0.2) is 0 Å². The molecule has 1 heterocycles. The molecule has 0 radical (unpaired) electrons. The Bertz CT molecular complexity index is 413. The van der Waals surface area contributed by atoms with Crippen LogP contribution in [0.5, 0.6) is 5.75 Å². The second kappa shape index (κ2) is 6.43. The number of halogens is 3. The molecule has 1 atom stereocenters. The predicted octanol–water partition coefficient (Wildman–Crippen LogP) is 2.25. The third-order valence-corrected chi connectivity index (χ3v) is 2.78. The summed E-state index contributed by atoms with van der Waals surface area (Å²) in [6.45, 7) is 1.03. The van der Waals surface area contributed by atoms with Gasteiger partial charge >= 0.3 is 6.36 Å². The van der Waals surface area contributed by atoms with Gasteiger partial charge in [0.15, 0.2) is 6.29 Å². The summed E-state index contributed by atoms with van der Waals surface area (Å²) in [6.07, 6.45) is -5.13. The summed E-state index contributed by atoms with van der Waals surface area (Å²) in [7, 11) is 0. The highest BCUT2D eigenvalue weighted by Crippen LogP contribution is 2.23. The molecule has 1 aromatic rings. The minimum absolute atomic E-state index is 0.279. The zero-order valence-electron chi connectivity index (χ0n) is 10.6. The first-order valence-corrected chi connectivity index (χ1v) is 6.18. The average Bonchev–Trinajstić information content (AvgIpc) is 2.82. The zero-order valence-corrected chi connectivity index (χ0v) is 10.6. The highest BCUT2D eigenvalue weighted by molar-refractivity contribution is 5.27. The van der Waals surface area contributed by atoms with E-state index in [-0.39, 0.29) is 5.75 Å². The number of aliphatic hydroxyl groups excluding tert-OH is 1. The van der Waals surface area contributed by atoms with Crippen molar-refractivity contribution in [2.45, 2.75) is 31.6 Å². The monoisotopic (exact) mass is 292 g/mol. The first-order valence-electron chi connectivity index (χ1n) is 6.18. The van der Waals surface area contributed by atoms with Crippen LogP contribution in [-0.4, -0.2) is 37.1 Å². The SMILES string of the molecule is OC(Cc1ccc(OC(F)(F)F)cc1)CC1OCCO1. The molecular formula is C13H15F3O4. The Morgan fingerprint density at radius 1 is 1.20 bits per heavy atom. The van der Waals surface area contributed by atoms with Crippen LogP contribution in [0.25, 0.3) is 0 Å². The van der Waals surface area contributed by atoms with Crippen molar-refractivity contribution in [3.05, 3.63) is 29.8 Å². The fraction of sp³-hybridized carbons (Fsp3) is 0.538. The first-order chi connectivity index (χ1) is 9.42. The molecule has 2 rings (SSSR count). The summed E-state index contributed by atoms with van der Waals surface area (Å²) in [6, 6.07) is 5.41. The van der Waals surface area contributed by atoms with Crippen LogP contribution in [0, 0.1) is 0 Å².